The number of hydrogen-bond acceptors (Lipinski definition) is 3. The fourth-order valence-electron chi connectivity index (χ4n) is 1.80. The average Bonchev–Trinajstić information content (AvgIpc) is 2.16. The zero-order valence-electron chi connectivity index (χ0n) is 10.2. The molecule has 0 radical (unpaired) electrons. The second-order valence-corrected chi connectivity index (χ2v) is 4.94. The fraction of sp³-hybridized carbons (Fsp3) is 0.538. The first-order valence-corrected chi connectivity index (χ1v) is 5.52. The second kappa shape index (κ2) is 5.43. The standard InChI is InChI=1S/C13H21NO2/c1-13(2,16)10-14(3)9-12(15)11-7-5-4-6-8-11/h4-8,12,15-16H,9-10H2,1-3H3. The molecule has 16 heavy (non-hydrogen) atoms. The van der Waals surface area contributed by atoms with Crippen LogP contribution in [0, 0.1) is 0 Å². The Morgan fingerprint density at radius 1 is 1.25 bits per heavy atom. The molecule has 1 aromatic carbocycles. The average molecular weight is 223 g/mol. The van der Waals surface area contributed by atoms with Gasteiger partial charge in [0, 0.05) is 13.1 Å². The molecule has 0 bridgehead atoms. The Bertz CT molecular complexity index is 305. The summed E-state index contributed by atoms with van der Waals surface area (Å²) in [4.78, 5) is 1.93. The van der Waals surface area contributed by atoms with Crippen LogP contribution in [0.1, 0.15) is 25.5 Å². The molecule has 2 N–H and O–H groups in total. The Labute approximate surface area is 97.3 Å². The van der Waals surface area contributed by atoms with Gasteiger partial charge in [-0.3, -0.25) is 0 Å². The molecule has 0 aromatic heterocycles. The van der Waals surface area contributed by atoms with E-state index in [1.165, 1.54) is 0 Å². The Morgan fingerprint density at radius 2 is 1.81 bits per heavy atom. The lowest BCUT2D eigenvalue weighted by Gasteiger charge is -2.27. The van der Waals surface area contributed by atoms with Crippen LogP contribution >= 0.6 is 0 Å². The van der Waals surface area contributed by atoms with Gasteiger partial charge in [0.15, 0.2) is 0 Å². The van der Waals surface area contributed by atoms with Crippen molar-refractivity contribution >= 4 is 0 Å². The Morgan fingerprint density at radius 3 is 2.31 bits per heavy atom. The Balaban J connectivity index is 2.49. The number of aliphatic hydroxyl groups is 2. The summed E-state index contributed by atoms with van der Waals surface area (Å²) in [5.41, 5.74) is 0.177. The van der Waals surface area contributed by atoms with Crippen molar-refractivity contribution in [1.29, 1.82) is 0 Å². The molecule has 1 atom stereocenters. The third kappa shape index (κ3) is 4.75. The van der Waals surface area contributed by atoms with Crippen LogP contribution < -0.4 is 0 Å². The van der Waals surface area contributed by atoms with Crippen molar-refractivity contribution in [1.82, 2.24) is 4.90 Å². The highest BCUT2D eigenvalue weighted by Gasteiger charge is 2.18. The highest BCUT2D eigenvalue weighted by atomic mass is 16.3. The van der Waals surface area contributed by atoms with Crippen LogP contribution in [-0.4, -0.2) is 40.9 Å². The number of aliphatic hydroxyl groups excluding tert-OH is 1. The molecule has 0 aliphatic heterocycles. The van der Waals surface area contributed by atoms with Gasteiger partial charge in [-0.15, -0.1) is 0 Å². The molecule has 0 saturated heterocycles. The summed E-state index contributed by atoms with van der Waals surface area (Å²) in [7, 11) is 1.89. The minimum Gasteiger partial charge on any atom is -0.389 e. The third-order valence-electron chi connectivity index (χ3n) is 2.33. The van der Waals surface area contributed by atoms with Crippen LogP contribution in [0.5, 0.6) is 0 Å². The summed E-state index contributed by atoms with van der Waals surface area (Å²) >= 11 is 0. The zero-order valence-corrected chi connectivity index (χ0v) is 10.2. The van der Waals surface area contributed by atoms with Gasteiger partial charge in [0.1, 0.15) is 0 Å². The molecule has 0 spiro atoms. The van der Waals surface area contributed by atoms with E-state index in [1.807, 2.05) is 42.3 Å². The molecule has 1 unspecified atom stereocenters. The minimum atomic E-state index is -0.731. The van der Waals surface area contributed by atoms with Gasteiger partial charge in [-0.1, -0.05) is 30.3 Å². The molecule has 90 valence electrons. The molecule has 3 heteroatoms. The number of benzene rings is 1. The minimum absolute atomic E-state index is 0.506. The SMILES string of the molecule is CN(CC(O)c1ccccc1)CC(C)(C)O. The van der Waals surface area contributed by atoms with Gasteiger partial charge in [0.2, 0.25) is 0 Å². The summed E-state index contributed by atoms with van der Waals surface area (Å²) < 4.78 is 0. The van der Waals surface area contributed by atoms with Crippen molar-refractivity contribution in [2.45, 2.75) is 25.6 Å². The third-order valence-corrected chi connectivity index (χ3v) is 2.33. The normalized spacial score (nSPS) is 14.1. The molecular weight excluding hydrogens is 202 g/mol. The van der Waals surface area contributed by atoms with Gasteiger partial charge < -0.3 is 15.1 Å². The molecule has 0 saturated carbocycles. The smallest absolute Gasteiger partial charge is 0.0916 e. The quantitative estimate of drug-likeness (QED) is 0.793. The van der Waals surface area contributed by atoms with Crippen LogP contribution in [0.4, 0.5) is 0 Å². The van der Waals surface area contributed by atoms with E-state index < -0.39 is 11.7 Å². The predicted octanol–water partition coefficient (Wildman–Crippen LogP) is 1.42. The maximum absolute atomic E-state index is 9.96. The topological polar surface area (TPSA) is 43.7 Å². The molecule has 0 amide bonds. The van der Waals surface area contributed by atoms with E-state index in [1.54, 1.807) is 13.8 Å². The second-order valence-electron chi connectivity index (χ2n) is 4.94. The summed E-state index contributed by atoms with van der Waals surface area (Å²) in [5.74, 6) is 0. The van der Waals surface area contributed by atoms with E-state index in [0.717, 1.165) is 5.56 Å². The van der Waals surface area contributed by atoms with Crippen LogP contribution in [0.2, 0.25) is 0 Å². The van der Waals surface area contributed by atoms with Crippen molar-refractivity contribution in [2.24, 2.45) is 0 Å². The molecule has 0 aliphatic rings. The molecule has 0 aliphatic carbocycles. The van der Waals surface area contributed by atoms with Crippen LogP contribution in [-0.2, 0) is 0 Å². The summed E-state index contributed by atoms with van der Waals surface area (Å²) in [6.45, 7) is 4.59. The maximum atomic E-state index is 9.96. The van der Waals surface area contributed by atoms with Gasteiger partial charge in [0.25, 0.3) is 0 Å². The fourth-order valence-corrected chi connectivity index (χ4v) is 1.80. The number of hydrogen-bond donors (Lipinski definition) is 2. The monoisotopic (exact) mass is 223 g/mol. The zero-order chi connectivity index (χ0) is 12.2. The van der Waals surface area contributed by atoms with Crippen molar-refractivity contribution < 1.29 is 10.2 Å². The van der Waals surface area contributed by atoms with Crippen molar-refractivity contribution in [3.8, 4) is 0 Å². The van der Waals surface area contributed by atoms with E-state index >= 15 is 0 Å². The molecular formula is C13H21NO2. The van der Waals surface area contributed by atoms with Crippen LogP contribution in [0.25, 0.3) is 0 Å². The number of nitrogens with zero attached hydrogens (tertiary/aromatic N) is 1. The Hall–Kier alpha value is -0.900. The Kier molecular flexibility index (Phi) is 4.47. The maximum Gasteiger partial charge on any atom is 0.0916 e. The van der Waals surface area contributed by atoms with E-state index in [-0.39, 0.29) is 0 Å². The van der Waals surface area contributed by atoms with Crippen LogP contribution in [0.15, 0.2) is 30.3 Å². The first-order valence-electron chi connectivity index (χ1n) is 5.52. The summed E-state index contributed by atoms with van der Waals surface area (Å²) in [5, 5.41) is 19.6. The number of rotatable bonds is 5. The van der Waals surface area contributed by atoms with Crippen molar-refractivity contribution in [3.63, 3.8) is 0 Å². The van der Waals surface area contributed by atoms with E-state index in [9.17, 15) is 10.2 Å². The molecule has 0 heterocycles. The summed E-state index contributed by atoms with van der Waals surface area (Å²) in [6.07, 6.45) is -0.506. The van der Waals surface area contributed by atoms with Crippen molar-refractivity contribution in [3.05, 3.63) is 35.9 Å². The predicted molar refractivity (Wildman–Crippen MR) is 65.2 cm³/mol. The summed E-state index contributed by atoms with van der Waals surface area (Å²) in [6, 6.07) is 9.56. The molecule has 1 rings (SSSR count). The first kappa shape index (κ1) is 13.2. The highest BCUT2D eigenvalue weighted by molar-refractivity contribution is 5.17. The first-order chi connectivity index (χ1) is 7.38. The van der Waals surface area contributed by atoms with Gasteiger partial charge in [-0.05, 0) is 26.5 Å². The van der Waals surface area contributed by atoms with Gasteiger partial charge in [-0.25, -0.2) is 0 Å². The lowest BCUT2D eigenvalue weighted by molar-refractivity contribution is 0.0284. The number of likely N-dealkylation sites (N-methyl/N-ethyl adjacent to an activating group) is 1. The highest BCUT2D eigenvalue weighted by Crippen LogP contribution is 2.14. The van der Waals surface area contributed by atoms with Crippen molar-refractivity contribution in [2.75, 3.05) is 20.1 Å². The molecule has 0 fully saturated rings. The van der Waals surface area contributed by atoms with Crippen LogP contribution in [0.3, 0.4) is 0 Å². The lowest BCUT2D eigenvalue weighted by Crippen LogP contribution is -2.38. The van der Waals surface area contributed by atoms with Gasteiger partial charge in [-0.2, -0.15) is 0 Å². The lowest BCUT2D eigenvalue weighted by atomic mass is 10.1. The van der Waals surface area contributed by atoms with Gasteiger partial charge in [0.05, 0.1) is 11.7 Å². The van der Waals surface area contributed by atoms with E-state index in [0.29, 0.717) is 13.1 Å². The van der Waals surface area contributed by atoms with Gasteiger partial charge >= 0.3 is 0 Å². The molecule has 3 nitrogen and oxygen atoms in total. The van der Waals surface area contributed by atoms with E-state index in [2.05, 4.69) is 0 Å². The largest absolute Gasteiger partial charge is 0.389 e. The molecule has 1 aromatic rings. The van der Waals surface area contributed by atoms with E-state index in [4.69, 9.17) is 0 Å².